The zero-order chi connectivity index (χ0) is 18.4. The lowest BCUT2D eigenvalue weighted by Crippen LogP contribution is -2.23. The number of hydrogen-bond donors (Lipinski definition) is 1. The highest BCUT2D eigenvalue weighted by Crippen LogP contribution is 2.24. The van der Waals surface area contributed by atoms with Crippen LogP contribution in [0.15, 0.2) is 24.3 Å². The molecule has 0 bridgehead atoms. The van der Waals surface area contributed by atoms with Gasteiger partial charge in [0.15, 0.2) is 0 Å². The molecule has 7 nitrogen and oxygen atoms in total. The van der Waals surface area contributed by atoms with Crippen molar-refractivity contribution >= 4 is 23.1 Å². The molecule has 1 heterocycles. The maximum atomic E-state index is 13.5. The fraction of sp³-hybridized carbons (Fsp3) is 0.412. The first-order valence-electron chi connectivity index (χ1n) is 8.32. The van der Waals surface area contributed by atoms with Gasteiger partial charge in [-0.15, -0.1) is 0 Å². The fourth-order valence-corrected chi connectivity index (χ4v) is 2.49. The van der Waals surface area contributed by atoms with Crippen LogP contribution in [0.5, 0.6) is 0 Å². The number of nitro groups is 1. The van der Waals surface area contributed by atoms with Crippen molar-refractivity contribution in [1.29, 1.82) is 0 Å². The van der Waals surface area contributed by atoms with Crippen LogP contribution in [0.25, 0.3) is 0 Å². The Bertz CT molecular complexity index is 750. The largest absolute Gasteiger partial charge is 0.357 e. The number of rotatable bonds is 8. The van der Waals surface area contributed by atoms with Crippen LogP contribution in [0, 0.1) is 15.9 Å². The monoisotopic (exact) mass is 347 g/mol. The molecule has 2 aromatic rings. The van der Waals surface area contributed by atoms with Crippen LogP contribution < -0.4 is 10.2 Å². The van der Waals surface area contributed by atoms with Crippen LogP contribution in [-0.4, -0.2) is 28.0 Å². The Kier molecular flexibility index (Phi) is 6.21. The molecule has 0 fully saturated rings. The molecule has 0 atom stereocenters. The number of aromatic nitrogens is 2. The number of hydrogen-bond acceptors (Lipinski definition) is 6. The van der Waals surface area contributed by atoms with E-state index in [-0.39, 0.29) is 0 Å². The highest BCUT2D eigenvalue weighted by Gasteiger charge is 2.15. The summed E-state index contributed by atoms with van der Waals surface area (Å²) in [5.74, 6) is 0.261. The van der Waals surface area contributed by atoms with Crippen molar-refractivity contribution in [3.8, 4) is 0 Å². The van der Waals surface area contributed by atoms with Crippen LogP contribution in [-0.2, 0) is 6.42 Å². The van der Waals surface area contributed by atoms with Gasteiger partial charge in [0.1, 0.15) is 5.82 Å². The van der Waals surface area contributed by atoms with Gasteiger partial charge in [-0.05, 0) is 32.4 Å². The maximum absolute atomic E-state index is 13.5. The fourth-order valence-electron chi connectivity index (χ4n) is 2.49. The number of nitro benzene ring substituents is 1. The van der Waals surface area contributed by atoms with Gasteiger partial charge in [0.25, 0.3) is 0 Å². The molecule has 1 aromatic carbocycles. The molecule has 1 aromatic heterocycles. The summed E-state index contributed by atoms with van der Waals surface area (Å²) in [6, 6.07) is 5.58. The van der Waals surface area contributed by atoms with Crippen molar-refractivity contribution < 1.29 is 9.31 Å². The molecule has 0 aliphatic carbocycles. The van der Waals surface area contributed by atoms with E-state index in [9.17, 15) is 14.5 Å². The van der Waals surface area contributed by atoms with Gasteiger partial charge in [-0.2, -0.15) is 9.37 Å². The third kappa shape index (κ3) is 4.62. The molecular formula is C17H22FN5O2. The minimum Gasteiger partial charge on any atom is -0.357 e. The van der Waals surface area contributed by atoms with Gasteiger partial charge in [0.05, 0.1) is 4.92 Å². The van der Waals surface area contributed by atoms with Crippen LogP contribution in [0.2, 0.25) is 0 Å². The summed E-state index contributed by atoms with van der Waals surface area (Å²) >= 11 is 0. The standard InChI is InChI=1S/C17H22FN5O2/c1-4-7-12-11-16(22(5-2)6-3)21-17(19-12)20-13-8-9-14(18)15(10-13)23(24)25/h8-11H,4-7H2,1-3H3,(H,19,20,21). The Labute approximate surface area is 146 Å². The summed E-state index contributed by atoms with van der Waals surface area (Å²) in [5.41, 5.74) is 0.671. The predicted octanol–water partition coefficient (Wildman–Crippen LogP) is 4.07. The molecule has 0 aliphatic heterocycles. The summed E-state index contributed by atoms with van der Waals surface area (Å²) in [4.78, 5) is 21.2. The van der Waals surface area contributed by atoms with E-state index >= 15 is 0 Å². The molecule has 0 saturated heterocycles. The number of nitrogens with one attached hydrogen (secondary N) is 1. The normalized spacial score (nSPS) is 10.6. The SMILES string of the molecule is CCCc1cc(N(CC)CC)nc(Nc2ccc(F)c([N+](=O)[O-])c2)n1. The minimum absolute atomic E-state index is 0.341. The highest BCUT2D eigenvalue weighted by molar-refractivity contribution is 5.59. The Balaban J connectivity index is 2.38. The quantitative estimate of drug-likeness (QED) is 0.572. The average Bonchev–Trinajstić information content (AvgIpc) is 2.58. The van der Waals surface area contributed by atoms with E-state index in [0.717, 1.165) is 49.6 Å². The summed E-state index contributed by atoms with van der Waals surface area (Å²) in [6.45, 7) is 7.76. The lowest BCUT2D eigenvalue weighted by Gasteiger charge is -2.21. The van der Waals surface area contributed by atoms with Crippen LogP contribution in [0.1, 0.15) is 32.9 Å². The molecule has 25 heavy (non-hydrogen) atoms. The number of nitrogens with zero attached hydrogens (tertiary/aromatic N) is 4. The van der Waals surface area contributed by atoms with E-state index in [1.165, 1.54) is 6.07 Å². The second-order valence-electron chi connectivity index (χ2n) is 5.51. The van der Waals surface area contributed by atoms with Gasteiger partial charge < -0.3 is 10.2 Å². The number of benzene rings is 1. The van der Waals surface area contributed by atoms with Crippen molar-refractivity contribution in [2.24, 2.45) is 0 Å². The Hall–Kier alpha value is -2.77. The molecular weight excluding hydrogens is 325 g/mol. The number of halogens is 1. The van der Waals surface area contributed by atoms with Crippen molar-refractivity contribution in [1.82, 2.24) is 9.97 Å². The molecule has 8 heteroatoms. The number of anilines is 3. The summed E-state index contributed by atoms with van der Waals surface area (Å²) in [5, 5.41) is 13.8. The van der Waals surface area contributed by atoms with Gasteiger partial charge in [-0.1, -0.05) is 13.3 Å². The smallest absolute Gasteiger partial charge is 0.306 e. The van der Waals surface area contributed by atoms with Crippen molar-refractivity contribution in [3.63, 3.8) is 0 Å². The zero-order valence-electron chi connectivity index (χ0n) is 14.6. The van der Waals surface area contributed by atoms with E-state index in [4.69, 9.17) is 0 Å². The first-order chi connectivity index (χ1) is 12.0. The van der Waals surface area contributed by atoms with E-state index in [2.05, 4.69) is 27.1 Å². The Morgan fingerprint density at radius 2 is 1.92 bits per heavy atom. The maximum Gasteiger partial charge on any atom is 0.306 e. The molecule has 2 rings (SSSR count). The highest BCUT2D eigenvalue weighted by atomic mass is 19.1. The second kappa shape index (κ2) is 8.36. The molecule has 0 spiro atoms. The molecule has 0 radical (unpaired) electrons. The summed E-state index contributed by atoms with van der Waals surface area (Å²) in [7, 11) is 0. The topological polar surface area (TPSA) is 84.2 Å². The lowest BCUT2D eigenvalue weighted by atomic mass is 10.2. The lowest BCUT2D eigenvalue weighted by molar-refractivity contribution is -0.387. The summed E-state index contributed by atoms with van der Waals surface area (Å²) < 4.78 is 13.5. The zero-order valence-corrected chi connectivity index (χ0v) is 14.6. The Morgan fingerprint density at radius 1 is 1.20 bits per heavy atom. The molecule has 134 valence electrons. The predicted molar refractivity (Wildman–Crippen MR) is 95.9 cm³/mol. The van der Waals surface area contributed by atoms with Crippen molar-refractivity contribution in [2.45, 2.75) is 33.6 Å². The van der Waals surface area contributed by atoms with Crippen LogP contribution in [0.3, 0.4) is 0 Å². The summed E-state index contributed by atoms with van der Waals surface area (Å²) in [6.07, 6.45) is 1.74. The van der Waals surface area contributed by atoms with Crippen LogP contribution >= 0.6 is 0 Å². The molecule has 0 amide bonds. The van der Waals surface area contributed by atoms with E-state index in [1.807, 2.05) is 19.9 Å². The second-order valence-corrected chi connectivity index (χ2v) is 5.51. The van der Waals surface area contributed by atoms with Gasteiger partial charge >= 0.3 is 5.69 Å². The first kappa shape index (κ1) is 18.6. The number of aryl methyl sites for hydroxylation is 1. The minimum atomic E-state index is -0.875. The van der Waals surface area contributed by atoms with E-state index in [0.29, 0.717) is 11.6 Å². The molecule has 0 aliphatic rings. The van der Waals surface area contributed by atoms with Crippen molar-refractivity contribution in [3.05, 3.63) is 45.9 Å². The first-order valence-corrected chi connectivity index (χ1v) is 8.32. The van der Waals surface area contributed by atoms with Gasteiger partial charge in [-0.25, -0.2) is 4.98 Å². The van der Waals surface area contributed by atoms with Gasteiger partial charge in [-0.3, -0.25) is 10.1 Å². The third-order valence-electron chi connectivity index (χ3n) is 3.76. The van der Waals surface area contributed by atoms with E-state index < -0.39 is 16.4 Å². The molecule has 1 N–H and O–H groups in total. The van der Waals surface area contributed by atoms with Gasteiger partial charge in [0.2, 0.25) is 11.8 Å². The van der Waals surface area contributed by atoms with E-state index in [1.54, 1.807) is 0 Å². The van der Waals surface area contributed by atoms with Crippen molar-refractivity contribution in [2.75, 3.05) is 23.3 Å². The molecule has 0 saturated carbocycles. The Morgan fingerprint density at radius 3 is 2.52 bits per heavy atom. The average molecular weight is 347 g/mol. The third-order valence-corrected chi connectivity index (χ3v) is 3.76. The molecule has 0 unspecified atom stereocenters. The van der Waals surface area contributed by atoms with Crippen LogP contribution in [0.4, 0.5) is 27.5 Å². The van der Waals surface area contributed by atoms with Gasteiger partial charge in [0, 0.05) is 36.6 Å².